The lowest BCUT2D eigenvalue weighted by Crippen LogP contribution is -2.46. The molecule has 1 fully saturated rings. The van der Waals surface area contributed by atoms with Crippen LogP contribution in [0.2, 0.25) is 0 Å². The normalized spacial score (nSPS) is 17.3. The van der Waals surface area contributed by atoms with E-state index in [0.29, 0.717) is 0 Å². The van der Waals surface area contributed by atoms with Gasteiger partial charge in [0.15, 0.2) is 0 Å². The van der Waals surface area contributed by atoms with Crippen molar-refractivity contribution in [3.05, 3.63) is 51.7 Å². The van der Waals surface area contributed by atoms with E-state index in [9.17, 15) is 4.79 Å². The molecular formula is C24H31N5OS. The highest BCUT2D eigenvalue weighted by atomic mass is 32.1. The molecule has 1 aliphatic heterocycles. The van der Waals surface area contributed by atoms with Crippen molar-refractivity contribution >= 4 is 27.4 Å². The molecule has 3 aromatic rings. The van der Waals surface area contributed by atoms with Crippen molar-refractivity contribution in [2.75, 3.05) is 37.6 Å². The molecule has 31 heavy (non-hydrogen) atoms. The highest BCUT2D eigenvalue weighted by Gasteiger charge is 2.21. The third kappa shape index (κ3) is 4.26. The average molecular weight is 438 g/mol. The predicted octanol–water partition coefficient (Wildman–Crippen LogP) is 3.64. The fourth-order valence-corrected chi connectivity index (χ4v) is 5.76. The summed E-state index contributed by atoms with van der Waals surface area (Å²) in [5, 5.41) is 1.28. The van der Waals surface area contributed by atoms with Crippen LogP contribution in [0.4, 0.5) is 5.82 Å². The molecule has 1 aliphatic carbocycles. The molecule has 0 radical (unpaired) electrons. The first-order chi connectivity index (χ1) is 15.2. The van der Waals surface area contributed by atoms with Gasteiger partial charge in [0.05, 0.1) is 10.4 Å². The average Bonchev–Trinajstić information content (AvgIpc) is 3.23. The van der Waals surface area contributed by atoms with E-state index in [1.54, 1.807) is 11.5 Å². The number of aryl methyl sites for hydroxylation is 2. The van der Waals surface area contributed by atoms with E-state index in [0.717, 1.165) is 101 Å². The van der Waals surface area contributed by atoms with Crippen LogP contribution in [0.25, 0.3) is 10.1 Å². The maximum absolute atomic E-state index is 12.9. The second-order valence-electron chi connectivity index (χ2n) is 8.79. The third-order valence-electron chi connectivity index (χ3n) is 6.77. The van der Waals surface area contributed by atoms with Gasteiger partial charge in [0, 0.05) is 43.7 Å². The molecular weight excluding hydrogens is 406 g/mol. The number of unbranched alkanes of at least 4 members (excludes halogenated alkanes) is 1. The number of hydrogen-bond donors (Lipinski definition) is 0. The Labute approximate surface area is 187 Å². The highest BCUT2D eigenvalue weighted by Crippen LogP contribution is 2.29. The fraction of sp³-hybridized carbons (Fsp3) is 0.542. The molecule has 1 saturated heterocycles. The van der Waals surface area contributed by atoms with Crippen molar-refractivity contribution in [2.45, 2.75) is 52.0 Å². The number of nitrogens with zero attached hydrogens (tertiary/aromatic N) is 5. The van der Waals surface area contributed by atoms with Crippen molar-refractivity contribution in [2.24, 2.45) is 0 Å². The maximum Gasteiger partial charge on any atom is 0.256 e. The summed E-state index contributed by atoms with van der Waals surface area (Å²) >= 11 is 1.60. The Morgan fingerprint density at radius 1 is 1.00 bits per heavy atom. The van der Waals surface area contributed by atoms with Crippen LogP contribution in [-0.2, 0) is 19.4 Å². The summed E-state index contributed by atoms with van der Waals surface area (Å²) in [7, 11) is 0. The lowest BCUT2D eigenvalue weighted by molar-refractivity contribution is 0.251. The largest absolute Gasteiger partial charge is 0.353 e. The lowest BCUT2D eigenvalue weighted by Gasteiger charge is -2.35. The Morgan fingerprint density at radius 2 is 1.77 bits per heavy atom. The molecule has 6 nitrogen and oxygen atoms in total. The van der Waals surface area contributed by atoms with E-state index in [2.05, 4.69) is 34.1 Å². The number of benzene rings is 1. The number of hydrogen-bond acceptors (Lipinski definition) is 6. The van der Waals surface area contributed by atoms with Gasteiger partial charge in [-0.3, -0.25) is 14.3 Å². The van der Waals surface area contributed by atoms with Crippen LogP contribution in [0.15, 0.2) is 29.1 Å². The van der Waals surface area contributed by atoms with E-state index in [-0.39, 0.29) is 5.56 Å². The van der Waals surface area contributed by atoms with E-state index in [4.69, 9.17) is 9.36 Å². The van der Waals surface area contributed by atoms with Gasteiger partial charge in [-0.05, 0) is 75.7 Å². The second-order valence-corrected chi connectivity index (χ2v) is 9.59. The molecule has 0 saturated carbocycles. The minimum atomic E-state index is 0.214. The third-order valence-corrected chi connectivity index (χ3v) is 7.58. The zero-order valence-corrected chi connectivity index (χ0v) is 19.2. The zero-order chi connectivity index (χ0) is 21.2. The molecule has 2 aromatic heterocycles. The van der Waals surface area contributed by atoms with E-state index >= 15 is 0 Å². The lowest BCUT2D eigenvalue weighted by atomic mass is 9.97. The van der Waals surface area contributed by atoms with Gasteiger partial charge in [-0.15, -0.1) is 0 Å². The van der Waals surface area contributed by atoms with Gasteiger partial charge in [-0.25, -0.2) is 4.98 Å². The summed E-state index contributed by atoms with van der Waals surface area (Å²) in [5.74, 6) is 2.03. The second kappa shape index (κ2) is 9.09. The summed E-state index contributed by atoms with van der Waals surface area (Å²) < 4.78 is 7.89. The van der Waals surface area contributed by atoms with Gasteiger partial charge in [0.1, 0.15) is 11.6 Å². The van der Waals surface area contributed by atoms with Gasteiger partial charge in [0.2, 0.25) is 0 Å². The Kier molecular flexibility index (Phi) is 6.05. The van der Waals surface area contributed by atoms with Crippen LogP contribution in [-0.4, -0.2) is 51.5 Å². The number of anilines is 1. The van der Waals surface area contributed by atoms with Crippen LogP contribution >= 0.6 is 11.5 Å². The summed E-state index contributed by atoms with van der Waals surface area (Å²) in [5.41, 5.74) is 2.24. The van der Waals surface area contributed by atoms with Crippen LogP contribution in [0.3, 0.4) is 0 Å². The molecule has 2 aliphatic rings. The Morgan fingerprint density at radius 3 is 2.65 bits per heavy atom. The summed E-state index contributed by atoms with van der Waals surface area (Å²) in [4.78, 5) is 22.6. The Bertz CT molecular complexity index is 1110. The van der Waals surface area contributed by atoms with E-state index in [1.165, 1.54) is 10.1 Å². The van der Waals surface area contributed by atoms with Gasteiger partial charge in [-0.2, -0.15) is 4.37 Å². The standard InChI is InChI=1S/C24H31N5OS/c1-18-25-21-10-4-2-8-19(21)24(30)29(18)13-7-6-12-27-14-16-28(17-15-27)23-20-9-3-5-11-22(20)31-26-23/h3,5,9,11H,2,4,6-8,10,12-17H2,1H3. The Hall–Kier alpha value is -2.25. The number of fused-ring (bicyclic) bond motifs is 2. The first-order valence-electron chi connectivity index (χ1n) is 11.6. The first-order valence-corrected chi connectivity index (χ1v) is 12.4. The van der Waals surface area contributed by atoms with Crippen molar-refractivity contribution in [3.63, 3.8) is 0 Å². The molecule has 164 valence electrons. The van der Waals surface area contributed by atoms with Crippen LogP contribution in [0.1, 0.15) is 42.8 Å². The minimum Gasteiger partial charge on any atom is -0.353 e. The molecule has 1 aromatic carbocycles. The Balaban J connectivity index is 1.11. The monoisotopic (exact) mass is 437 g/mol. The first kappa shape index (κ1) is 20.6. The SMILES string of the molecule is Cc1nc2c(c(=O)n1CCCCN1CCN(c3nsc4ccccc34)CC1)CCCC2. The molecule has 0 amide bonds. The quantitative estimate of drug-likeness (QED) is 0.551. The fourth-order valence-electron chi connectivity index (χ4n) is 4.96. The van der Waals surface area contributed by atoms with Crippen molar-refractivity contribution < 1.29 is 0 Å². The molecule has 3 heterocycles. The molecule has 0 atom stereocenters. The van der Waals surface area contributed by atoms with Crippen molar-refractivity contribution in [1.29, 1.82) is 0 Å². The molecule has 0 unspecified atom stereocenters. The van der Waals surface area contributed by atoms with Crippen LogP contribution in [0, 0.1) is 6.92 Å². The smallest absolute Gasteiger partial charge is 0.256 e. The molecule has 7 heteroatoms. The molecule has 0 bridgehead atoms. The zero-order valence-electron chi connectivity index (χ0n) is 18.3. The number of rotatable bonds is 6. The van der Waals surface area contributed by atoms with Crippen molar-refractivity contribution in [1.82, 2.24) is 18.8 Å². The van der Waals surface area contributed by atoms with Gasteiger partial charge in [0.25, 0.3) is 5.56 Å². The minimum absolute atomic E-state index is 0.214. The maximum atomic E-state index is 12.9. The summed E-state index contributed by atoms with van der Waals surface area (Å²) in [6.07, 6.45) is 6.29. The van der Waals surface area contributed by atoms with Gasteiger partial charge < -0.3 is 4.90 Å². The number of aromatic nitrogens is 3. The summed E-state index contributed by atoms with van der Waals surface area (Å²) in [6, 6.07) is 8.51. The molecule has 0 N–H and O–H groups in total. The molecule has 0 spiro atoms. The molecule has 5 rings (SSSR count). The van der Waals surface area contributed by atoms with Crippen LogP contribution < -0.4 is 10.5 Å². The summed E-state index contributed by atoms with van der Waals surface area (Å²) in [6.45, 7) is 8.07. The van der Waals surface area contributed by atoms with E-state index < -0.39 is 0 Å². The van der Waals surface area contributed by atoms with Crippen molar-refractivity contribution in [3.8, 4) is 0 Å². The van der Waals surface area contributed by atoms with Gasteiger partial charge in [-0.1, -0.05) is 12.1 Å². The van der Waals surface area contributed by atoms with Crippen LogP contribution in [0.5, 0.6) is 0 Å². The number of piperazine rings is 1. The predicted molar refractivity (Wildman–Crippen MR) is 127 cm³/mol. The highest BCUT2D eigenvalue weighted by molar-refractivity contribution is 7.13. The van der Waals surface area contributed by atoms with Gasteiger partial charge >= 0.3 is 0 Å². The topological polar surface area (TPSA) is 54.3 Å². The van der Waals surface area contributed by atoms with E-state index in [1.807, 2.05) is 11.5 Å².